The SMILES string of the molecule is COc1ccccc1-c1cnc(C(C(=O)O)C(C2CC2)C2CC2)[nH]1. The van der Waals surface area contributed by atoms with Crippen molar-refractivity contribution in [3.8, 4) is 17.0 Å². The van der Waals surface area contributed by atoms with E-state index in [2.05, 4.69) is 9.97 Å². The van der Waals surface area contributed by atoms with E-state index < -0.39 is 11.9 Å². The van der Waals surface area contributed by atoms with E-state index in [4.69, 9.17) is 4.74 Å². The lowest BCUT2D eigenvalue weighted by molar-refractivity contribution is -0.141. The minimum Gasteiger partial charge on any atom is -0.496 e. The van der Waals surface area contributed by atoms with E-state index in [0.717, 1.165) is 42.7 Å². The number of hydrogen-bond donors (Lipinski definition) is 2. The lowest BCUT2D eigenvalue weighted by Gasteiger charge is -2.22. The standard InChI is InChI=1S/C19H22N2O3/c1-24-15-5-3-2-4-13(15)14-10-20-18(21-14)17(19(22)23)16(11-6-7-11)12-8-9-12/h2-5,10-12,16-17H,6-9H2,1H3,(H,20,21)(H,22,23). The Morgan fingerprint density at radius 2 is 1.92 bits per heavy atom. The molecule has 1 atom stereocenters. The first-order valence-corrected chi connectivity index (χ1v) is 8.60. The molecule has 2 N–H and O–H groups in total. The van der Waals surface area contributed by atoms with Crippen molar-refractivity contribution < 1.29 is 14.6 Å². The minimum atomic E-state index is -0.764. The molecule has 1 aromatic heterocycles. The molecular weight excluding hydrogens is 304 g/mol. The molecule has 5 nitrogen and oxygen atoms in total. The molecule has 0 bridgehead atoms. The fourth-order valence-corrected chi connectivity index (χ4v) is 3.85. The number of methoxy groups -OCH3 is 1. The fraction of sp³-hybridized carbons (Fsp3) is 0.474. The zero-order valence-corrected chi connectivity index (χ0v) is 13.7. The summed E-state index contributed by atoms with van der Waals surface area (Å²) in [7, 11) is 1.63. The zero-order valence-electron chi connectivity index (χ0n) is 13.7. The second kappa shape index (κ2) is 5.96. The predicted molar refractivity (Wildman–Crippen MR) is 89.9 cm³/mol. The Labute approximate surface area is 141 Å². The van der Waals surface area contributed by atoms with Gasteiger partial charge in [0.15, 0.2) is 0 Å². The van der Waals surface area contributed by atoms with E-state index in [1.54, 1.807) is 13.3 Å². The molecule has 0 saturated heterocycles. The fourth-order valence-electron chi connectivity index (χ4n) is 3.85. The predicted octanol–water partition coefficient (Wildman–Crippen LogP) is 3.69. The van der Waals surface area contributed by atoms with E-state index in [0.29, 0.717) is 17.7 Å². The van der Waals surface area contributed by atoms with Crippen LogP contribution in [0.1, 0.15) is 37.4 Å². The third-order valence-corrected chi connectivity index (χ3v) is 5.27. The molecule has 2 aliphatic carbocycles. The number of aromatic nitrogens is 2. The van der Waals surface area contributed by atoms with E-state index in [9.17, 15) is 9.90 Å². The molecule has 0 amide bonds. The summed E-state index contributed by atoms with van der Waals surface area (Å²) in [4.78, 5) is 19.7. The average molecular weight is 326 g/mol. The number of aliphatic carboxylic acids is 1. The van der Waals surface area contributed by atoms with Crippen LogP contribution in [0.2, 0.25) is 0 Å². The monoisotopic (exact) mass is 326 g/mol. The van der Waals surface area contributed by atoms with E-state index >= 15 is 0 Å². The number of hydrogen-bond acceptors (Lipinski definition) is 3. The molecule has 1 aromatic carbocycles. The Bertz CT molecular complexity index is 735. The van der Waals surface area contributed by atoms with Gasteiger partial charge in [0.1, 0.15) is 17.5 Å². The van der Waals surface area contributed by atoms with Gasteiger partial charge in [0.2, 0.25) is 0 Å². The first kappa shape index (κ1) is 15.2. The molecular formula is C19H22N2O3. The topological polar surface area (TPSA) is 75.2 Å². The van der Waals surface area contributed by atoms with Gasteiger partial charge >= 0.3 is 5.97 Å². The highest BCUT2D eigenvalue weighted by Gasteiger charge is 2.49. The molecule has 2 aromatic rings. The number of imidazole rings is 1. The number of carboxylic acid groups (broad SMARTS) is 1. The van der Waals surface area contributed by atoms with Crippen molar-refractivity contribution in [1.29, 1.82) is 0 Å². The molecule has 2 aliphatic rings. The number of para-hydroxylation sites is 1. The lowest BCUT2D eigenvalue weighted by Crippen LogP contribution is -2.26. The summed E-state index contributed by atoms with van der Waals surface area (Å²) in [6.45, 7) is 0. The smallest absolute Gasteiger partial charge is 0.314 e. The van der Waals surface area contributed by atoms with Crippen molar-refractivity contribution in [3.63, 3.8) is 0 Å². The second-order valence-electron chi connectivity index (χ2n) is 6.95. The van der Waals surface area contributed by atoms with Gasteiger partial charge in [-0.25, -0.2) is 4.98 Å². The minimum absolute atomic E-state index is 0.221. The molecule has 4 rings (SSSR count). The van der Waals surface area contributed by atoms with Crippen molar-refractivity contribution in [1.82, 2.24) is 9.97 Å². The van der Waals surface area contributed by atoms with Crippen LogP contribution >= 0.6 is 0 Å². The van der Waals surface area contributed by atoms with E-state index in [1.165, 1.54) is 0 Å². The highest BCUT2D eigenvalue weighted by Crippen LogP contribution is 2.54. The number of benzene rings is 1. The van der Waals surface area contributed by atoms with Crippen LogP contribution in [0.25, 0.3) is 11.3 Å². The highest BCUT2D eigenvalue weighted by atomic mass is 16.5. The molecule has 1 heterocycles. The van der Waals surface area contributed by atoms with Gasteiger partial charge in [0.05, 0.1) is 19.0 Å². The maximum absolute atomic E-state index is 12.0. The second-order valence-corrected chi connectivity index (χ2v) is 6.95. The Morgan fingerprint density at radius 1 is 1.25 bits per heavy atom. The number of ether oxygens (including phenoxy) is 1. The first-order valence-electron chi connectivity index (χ1n) is 8.60. The third-order valence-electron chi connectivity index (χ3n) is 5.27. The largest absolute Gasteiger partial charge is 0.496 e. The quantitative estimate of drug-likeness (QED) is 0.813. The van der Waals surface area contributed by atoms with Crippen LogP contribution in [-0.4, -0.2) is 28.2 Å². The van der Waals surface area contributed by atoms with Crippen LogP contribution < -0.4 is 4.74 Å². The van der Waals surface area contributed by atoms with Gasteiger partial charge in [0.25, 0.3) is 0 Å². The Morgan fingerprint density at radius 3 is 2.50 bits per heavy atom. The number of H-pyrrole nitrogens is 1. The molecule has 0 radical (unpaired) electrons. The third kappa shape index (κ3) is 2.79. The van der Waals surface area contributed by atoms with Crippen LogP contribution in [-0.2, 0) is 4.79 Å². The number of nitrogens with zero attached hydrogens (tertiary/aromatic N) is 1. The summed E-state index contributed by atoms with van der Waals surface area (Å²) in [5.41, 5.74) is 1.70. The Balaban J connectivity index is 1.68. The van der Waals surface area contributed by atoms with Crippen LogP contribution in [0.5, 0.6) is 5.75 Å². The molecule has 0 spiro atoms. The summed E-state index contributed by atoms with van der Waals surface area (Å²) in [6, 6.07) is 7.69. The van der Waals surface area contributed by atoms with Crippen LogP contribution in [0.3, 0.4) is 0 Å². The molecule has 5 heteroatoms. The summed E-state index contributed by atoms with van der Waals surface area (Å²) in [6.07, 6.45) is 6.35. The molecule has 2 fully saturated rings. The normalized spacial score (nSPS) is 18.6. The van der Waals surface area contributed by atoms with Gasteiger partial charge in [-0.1, -0.05) is 12.1 Å². The van der Waals surface area contributed by atoms with E-state index in [-0.39, 0.29) is 5.92 Å². The Hall–Kier alpha value is -2.30. The van der Waals surface area contributed by atoms with Crippen LogP contribution in [0.15, 0.2) is 30.5 Å². The van der Waals surface area contributed by atoms with Gasteiger partial charge in [0, 0.05) is 5.56 Å². The zero-order chi connectivity index (χ0) is 16.7. The summed E-state index contributed by atoms with van der Waals surface area (Å²) >= 11 is 0. The van der Waals surface area contributed by atoms with Crippen molar-refractivity contribution >= 4 is 5.97 Å². The van der Waals surface area contributed by atoms with Gasteiger partial charge < -0.3 is 14.8 Å². The number of rotatable bonds is 7. The van der Waals surface area contributed by atoms with Crippen molar-refractivity contribution in [2.75, 3.05) is 7.11 Å². The molecule has 0 aliphatic heterocycles. The van der Waals surface area contributed by atoms with Crippen molar-refractivity contribution in [2.45, 2.75) is 31.6 Å². The lowest BCUT2D eigenvalue weighted by atomic mass is 9.83. The summed E-state index contributed by atoms with van der Waals surface area (Å²) in [5, 5.41) is 9.85. The molecule has 126 valence electrons. The highest BCUT2D eigenvalue weighted by molar-refractivity contribution is 5.76. The van der Waals surface area contributed by atoms with Gasteiger partial charge in [-0.2, -0.15) is 0 Å². The van der Waals surface area contributed by atoms with Crippen molar-refractivity contribution in [3.05, 3.63) is 36.3 Å². The van der Waals surface area contributed by atoms with Gasteiger partial charge in [-0.05, 0) is 55.6 Å². The van der Waals surface area contributed by atoms with Crippen LogP contribution in [0.4, 0.5) is 0 Å². The molecule has 2 saturated carbocycles. The van der Waals surface area contributed by atoms with Crippen molar-refractivity contribution in [2.24, 2.45) is 17.8 Å². The first-order chi connectivity index (χ1) is 11.7. The van der Waals surface area contributed by atoms with Crippen LogP contribution in [0, 0.1) is 17.8 Å². The molecule has 1 unspecified atom stereocenters. The van der Waals surface area contributed by atoms with Gasteiger partial charge in [-0.15, -0.1) is 0 Å². The molecule has 24 heavy (non-hydrogen) atoms. The summed E-state index contributed by atoms with van der Waals surface area (Å²) < 4.78 is 5.40. The van der Waals surface area contributed by atoms with Gasteiger partial charge in [-0.3, -0.25) is 4.79 Å². The number of carboxylic acids is 1. The Kier molecular flexibility index (Phi) is 3.79. The number of aromatic amines is 1. The average Bonchev–Trinajstić information content (AvgIpc) is 3.52. The number of carbonyl (C=O) groups is 1. The van der Waals surface area contributed by atoms with E-state index in [1.807, 2.05) is 24.3 Å². The number of nitrogens with one attached hydrogen (secondary N) is 1. The maximum atomic E-state index is 12.0. The maximum Gasteiger partial charge on any atom is 0.314 e. The summed E-state index contributed by atoms with van der Waals surface area (Å²) in [5.74, 6) is 1.36.